The fraction of sp³-hybridized carbons (Fsp3) is 0.286. The quantitative estimate of drug-likeness (QED) is 0.921. The largest absolute Gasteiger partial charge is 0.481 e. The third kappa shape index (κ3) is 2.59. The van der Waals surface area contributed by atoms with Crippen LogP contribution in [0, 0.1) is 20.8 Å². The summed E-state index contributed by atoms with van der Waals surface area (Å²) in [5.41, 5.74) is 5.59. The first-order valence-corrected chi connectivity index (χ1v) is 6.59. The van der Waals surface area contributed by atoms with Crippen LogP contribution >= 0.6 is 11.3 Å². The smallest absolute Gasteiger partial charge is 0.310 e. The van der Waals surface area contributed by atoms with Crippen molar-refractivity contribution < 1.29 is 9.90 Å². The summed E-state index contributed by atoms with van der Waals surface area (Å²) in [5.74, 6) is -0.840. The molecule has 1 aromatic heterocycles. The molecule has 0 unspecified atom stereocenters. The first kappa shape index (κ1) is 12.8. The molecular weight excluding hydrogens is 246 g/mol. The van der Waals surface area contributed by atoms with Crippen LogP contribution in [0.2, 0.25) is 0 Å². The number of thiazole rings is 1. The molecule has 0 aliphatic rings. The number of nitrogens with zero attached hydrogens (tertiary/aromatic N) is 1. The summed E-state index contributed by atoms with van der Waals surface area (Å²) in [5, 5.41) is 11.3. The number of carboxylic acids is 1. The summed E-state index contributed by atoms with van der Waals surface area (Å²) >= 11 is 1.40. The molecule has 0 amide bonds. The van der Waals surface area contributed by atoms with Crippen LogP contribution in [0.5, 0.6) is 0 Å². The van der Waals surface area contributed by atoms with E-state index in [9.17, 15) is 4.79 Å². The van der Waals surface area contributed by atoms with Crippen molar-refractivity contribution in [2.24, 2.45) is 0 Å². The minimum Gasteiger partial charge on any atom is -0.481 e. The maximum atomic E-state index is 10.7. The van der Waals surface area contributed by atoms with Gasteiger partial charge in [0, 0.05) is 10.9 Å². The fourth-order valence-corrected chi connectivity index (χ4v) is 3.00. The summed E-state index contributed by atoms with van der Waals surface area (Å²) in [4.78, 5) is 15.1. The highest BCUT2D eigenvalue weighted by Crippen LogP contribution is 2.29. The maximum Gasteiger partial charge on any atom is 0.310 e. The second-order valence-electron chi connectivity index (χ2n) is 4.47. The molecule has 2 rings (SSSR count). The third-order valence-corrected chi connectivity index (χ3v) is 3.64. The number of aliphatic carboxylic acids is 1. The molecule has 0 aliphatic carbocycles. The Morgan fingerprint density at radius 1 is 1.28 bits per heavy atom. The van der Waals surface area contributed by atoms with Crippen molar-refractivity contribution in [2.75, 3.05) is 0 Å². The Labute approximate surface area is 110 Å². The lowest BCUT2D eigenvalue weighted by atomic mass is 9.98. The number of carboxylic acid groups (broad SMARTS) is 1. The number of benzene rings is 1. The molecule has 1 aromatic carbocycles. The van der Waals surface area contributed by atoms with Crippen LogP contribution in [-0.2, 0) is 11.2 Å². The summed E-state index contributed by atoms with van der Waals surface area (Å²) in [6.07, 6.45) is -0.00533. The van der Waals surface area contributed by atoms with Crippen LogP contribution in [0.1, 0.15) is 21.7 Å². The predicted molar refractivity (Wildman–Crippen MR) is 73.1 cm³/mol. The van der Waals surface area contributed by atoms with E-state index in [0.717, 1.165) is 11.3 Å². The molecule has 0 saturated carbocycles. The van der Waals surface area contributed by atoms with E-state index >= 15 is 0 Å². The first-order valence-electron chi connectivity index (χ1n) is 5.72. The Balaban J connectivity index is 2.43. The van der Waals surface area contributed by atoms with E-state index in [2.05, 4.69) is 37.9 Å². The molecule has 94 valence electrons. The second kappa shape index (κ2) is 4.90. The Hall–Kier alpha value is -1.68. The molecule has 4 heteroatoms. The number of rotatable bonds is 3. The molecule has 0 atom stereocenters. The van der Waals surface area contributed by atoms with Gasteiger partial charge in [-0.15, -0.1) is 11.3 Å². The molecule has 2 aromatic rings. The molecule has 1 heterocycles. The summed E-state index contributed by atoms with van der Waals surface area (Å²) in [6, 6.07) is 4.25. The van der Waals surface area contributed by atoms with E-state index in [1.165, 1.54) is 28.0 Å². The molecule has 18 heavy (non-hydrogen) atoms. The van der Waals surface area contributed by atoms with Crippen LogP contribution in [0.3, 0.4) is 0 Å². The molecule has 0 saturated heterocycles. The number of hydrogen-bond donors (Lipinski definition) is 1. The molecule has 0 spiro atoms. The van der Waals surface area contributed by atoms with E-state index in [-0.39, 0.29) is 6.42 Å². The number of aromatic nitrogens is 1. The van der Waals surface area contributed by atoms with Gasteiger partial charge in [-0.05, 0) is 31.9 Å². The van der Waals surface area contributed by atoms with Gasteiger partial charge in [-0.1, -0.05) is 17.7 Å². The number of carbonyl (C=O) groups is 1. The zero-order valence-corrected chi connectivity index (χ0v) is 11.5. The van der Waals surface area contributed by atoms with Crippen molar-refractivity contribution in [3.63, 3.8) is 0 Å². The van der Waals surface area contributed by atoms with E-state index in [4.69, 9.17) is 5.11 Å². The highest BCUT2D eigenvalue weighted by molar-refractivity contribution is 7.10. The SMILES string of the molecule is Cc1cc(C)c(-c2csc(CC(=O)O)n2)c(C)c1. The van der Waals surface area contributed by atoms with Crippen molar-refractivity contribution >= 4 is 17.3 Å². The Kier molecular flexibility index (Phi) is 3.48. The fourth-order valence-electron chi connectivity index (χ4n) is 2.22. The molecule has 1 N–H and O–H groups in total. The Morgan fingerprint density at radius 3 is 2.44 bits per heavy atom. The van der Waals surface area contributed by atoms with E-state index in [1.807, 2.05) is 5.38 Å². The van der Waals surface area contributed by atoms with Gasteiger partial charge in [0.15, 0.2) is 0 Å². The minimum atomic E-state index is -0.840. The molecule has 0 bridgehead atoms. The van der Waals surface area contributed by atoms with Gasteiger partial charge in [0.05, 0.1) is 12.1 Å². The van der Waals surface area contributed by atoms with Crippen LogP contribution in [0.4, 0.5) is 0 Å². The average molecular weight is 261 g/mol. The van der Waals surface area contributed by atoms with Crippen molar-refractivity contribution in [1.29, 1.82) is 0 Å². The van der Waals surface area contributed by atoms with Crippen molar-refractivity contribution in [2.45, 2.75) is 27.2 Å². The summed E-state index contributed by atoms with van der Waals surface area (Å²) in [7, 11) is 0. The van der Waals surface area contributed by atoms with Crippen molar-refractivity contribution in [3.8, 4) is 11.3 Å². The topological polar surface area (TPSA) is 50.2 Å². The average Bonchev–Trinajstić information content (AvgIpc) is 2.63. The van der Waals surface area contributed by atoms with Gasteiger partial charge in [-0.25, -0.2) is 4.98 Å². The van der Waals surface area contributed by atoms with Gasteiger partial charge in [0.1, 0.15) is 5.01 Å². The van der Waals surface area contributed by atoms with Crippen LogP contribution < -0.4 is 0 Å². The highest BCUT2D eigenvalue weighted by atomic mass is 32.1. The second-order valence-corrected chi connectivity index (χ2v) is 5.41. The molecule has 0 radical (unpaired) electrons. The van der Waals surface area contributed by atoms with E-state index in [1.54, 1.807) is 0 Å². The van der Waals surface area contributed by atoms with Gasteiger partial charge < -0.3 is 5.11 Å². The Bertz CT molecular complexity index is 579. The van der Waals surface area contributed by atoms with Gasteiger partial charge in [-0.2, -0.15) is 0 Å². The molecule has 0 fully saturated rings. The molecule has 3 nitrogen and oxygen atoms in total. The summed E-state index contributed by atoms with van der Waals surface area (Å²) < 4.78 is 0. The van der Waals surface area contributed by atoms with Crippen LogP contribution in [0.25, 0.3) is 11.3 Å². The Morgan fingerprint density at radius 2 is 1.89 bits per heavy atom. The third-order valence-electron chi connectivity index (χ3n) is 2.79. The lowest BCUT2D eigenvalue weighted by Crippen LogP contribution is -1.99. The zero-order valence-electron chi connectivity index (χ0n) is 10.7. The van der Waals surface area contributed by atoms with Crippen LogP contribution in [0.15, 0.2) is 17.5 Å². The molecule has 0 aliphatic heterocycles. The summed E-state index contributed by atoms with van der Waals surface area (Å²) in [6.45, 7) is 6.19. The van der Waals surface area contributed by atoms with Crippen molar-refractivity contribution in [1.82, 2.24) is 4.98 Å². The normalized spacial score (nSPS) is 10.6. The van der Waals surface area contributed by atoms with Crippen molar-refractivity contribution in [3.05, 3.63) is 39.2 Å². The number of aryl methyl sites for hydroxylation is 3. The number of hydrogen-bond acceptors (Lipinski definition) is 3. The zero-order chi connectivity index (χ0) is 13.3. The van der Waals surface area contributed by atoms with Gasteiger partial charge >= 0.3 is 5.97 Å². The van der Waals surface area contributed by atoms with Gasteiger partial charge in [0.2, 0.25) is 0 Å². The first-order chi connectivity index (χ1) is 8.47. The van der Waals surface area contributed by atoms with Crippen LogP contribution in [-0.4, -0.2) is 16.1 Å². The standard InChI is InChI=1S/C14H15NO2S/c1-8-4-9(2)14(10(3)5-8)11-7-18-12(15-11)6-13(16)17/h4-5,7H,6H2,1-3H3,(H,16,17). The van der Waals surface area contributed by atoms with E-state index in [0.29, 0.717) is 5.01 Å². The monoisotopic (exact) mass is 261 g/mol. The highest BCUT2D eigenvalue weighted by Gasteiger charge is 2.12. The van der Waals surface area contributed by atoms with Gasteiger partial charge in [-0.3, -0.25) is 4.79 Å². The van der Waals surface area contributed by atoms with Gasteiger partial charge in [0.25, 0.3) is 0 Å². The maximum absolute atomic E-state index is 10.7. The predicted octanol–water partition coefficient (Wildman–Crippen LogP) is 3.36. The lowest BCUT2D eigenvalue weighted by Gasteiger charge is -2.08. The minimum absolute atomic E-state index is 0.00533. The van der Waals surface area contributed by atoms with E-state index < -0.39 is 5.97 Å². The molecular formula is C14H15NO2S. The lowest BCUT2D eigenvalue weighted by molar-refractivity contribution is -0.136.